The molecule has 0 aliphatic carbocycles. The van der Waals surface area contributed by atoms with E-state index in [2.05, 4.69) is 22.9 Å². The van der Waals surface area contributed by atoms with Crippen LogP contribution in [0.2, 0.25) is 0 Å². The highest BCUT2D eigenvalue weighted by atomic mass is 79.9. The number of alkyl halides is 1. The van der Waals surface area contributed by atoms with Crippen molar-refractivity contribution < 1.29 is 9.53 Å². The Labute approximate surface area is 95.5 Å². The van der Waals surface area contributed by atoms with Gasteiger partial charge in [-0.2, -0.15) is 0 Å². The molecule has 0 saturated heterocycles. The van der Waals surface area contributed by atoms with Gasteiger partial charge in [0, 0.05) is 11.2 Å². The van der Waals surface area contributed by atoms with Gasteiger partial charge in [-0.05, 0) is 26.2 Å². The van der Waals surface area contributed by atoms with E-state index < -0.39 is 0 Å². The number of halogens is 1. The van der Waals surface area contributed by atoms with Crippen molar-refractivity contribution in [3.05, 3.63) is 0 Å². The molecule has 1 unspecified atom stereocenters. The average Bonchev–Trinajstić information content (AvgIpc) is 2.13. The van der Waals surface area contributed by atoms with Crippen LogP contribution < -0.4 is 0 Å². The van der Waals surface area contributed by atoms with Crippen LogP contribution in [0.25, 0.3) is 0 Å². The first-order valence-corrected chi connectivity index (χ1v) is 6.42. The molecule has 0 radical (unpaired) electrons. The summed E-state index contributed by atoms with van der Waals surface area (Å²) in [6.45, 7) is 4.52. The fourth-order valence-corrected chi connectivity index (χ4v) is 2.11. The summed E-state index contributed by atoms with van der Waals surface area (Å²) in [5, 5.41) is 0. The van der Waals surface area contributed by atoms with Crippen LogP contribution in [0.1, 0.15) is 52.4 Å². The molecule has 0 aromatic heterocycles. The van der Waals surface area contributed by atoms with Crippen molar-refractivity contribution in [1.29, 1.82) is 0 Å². The summed E-state index contributed by atoms with van der Waals surface area (Å²) >= 11 is 3.62. The molecule has 0 amide bonds. The van der Waals surface area contributed by atoms with Crippen LogP contribution >= 0.6 is 15.9 Å². The fraction of sp³-hybridized carbons (Fsp3) is 0.909. The lowest BCUT2D eigenvalue weighted by molar-refractivity contribution is -0.143. The molecule has 0 fully saturated rings. The molecule has 0 bridgehead atoms. The van der Waals surface area contributed by atoms with Gasteiger partial charge in [0.2, 0.25) is 0 Å². The van der Waals surface area contributed by atoms with Crippen LogP contribution in [0.3, 0.4) is 0 Å². The highest BCUT2D eigenvalue weighted by Gasteiger charge is 2.04. The van der Waals surface area contributed by atoms with E-state index in [1.807, 2.05) is 6.92 Å². The second kappa shape index (κ2) is 9.50. The van der Waals surface area contributed by atoms with Gasteiger partial charge in [0.15, 0.2) is 0 Å². The van der Waals surface area contributed by atoms with E-state index >= 15 is 0 Å². The molecule has 0 rings (SSSR count). The molecule has 0 spiro atoms. The molecular weight excluding hydrogens is 244 g/mol. The number of carbonyl (C=O) groups excluding carboxylic acids is 1. The third kappa shape index (κ3) is 8.54. The summed E-state index contributed by atoms with van der Waals surface area (Å²) in [6, 6.07) is 0. The van der Waals surface area contributed by atoms with Crippen LogP contribution in [0.15, 0.2) is 0 Å². The van der Waals surface area contributed by atoms with Gasteiger partial charge in [0.05, 0.1) is 6.61 Å². The standard InChI is InChI=1S/C11H21BrO2/c1-3-7-10(12)8-5-6-9-11(13)14-4-2/h10H,3-9H2,1-2H3. The van der Waals surface area contributed by atoms with Crippen molar-refractivity contribution in [2.75, 3.05) is 6.61 Å². The Kier molecular flexibility index (Phi) is 9.47. The molecule has 14 heavy (non-hydrogen) atoms. The van der Waals surface area contributed by atoms with E-state index in [1.54, 1.807) is 0 Å². The molecule has 0 aliphatic heterocycles. The molecule has 0 saturated carbocycles. The van der Waals surface area contributed by atoms with Gasteiger partial charge in [-0.1, -0.05) is 35.7 Å². The second-order valence-corrected chi connectivity index (χ2v) is 4.73. The number of ether oxygens (including phenoxy) is 1. The Balaban J connectivity index is 3.24. The summed E-state index contributed by atoms with van der Waals surface area (Å²) in [7, 11) is 0. The molecule has 0 aliphatic rings. The predicted molar refractivity (Wildman–Crippen MR) is 62.7 cm³/mol. The quantitative estimate of drug-likeness (QED) is 0.380. The van der Waals surface area contributed by atoms with Gasteiger partial charge in [-0.15, -0.1) is 0 Å². The van der Waals surface area contributed by atoms with Gasteiger partial charge in [0.25, 0.3) is 0 Å². The zero-order valence-electron chi connectivity index (χ0n) is 9.22. The zero-order chi connectivity index (χ0) is 10.8. The highest BCUT2D eigenvalue weighted by molar-refractivity contribution is 9.09. The van der Waals surface area contributed by atoms with Crippen molar-refractivity contribution in [2.45, 2.75) is 57.2 Å². The molecule has 0 heterocycles. The van der Waals surface area contributed by atoms with Gasteiger partial charge < -0.3 is 4.74 Å². The molecule has 0 N–H and O–H groups in total. The molecular formula is C11H21BrO2. The molecule has 2 nitrogen and oxygen atoms in total. The Morgan fingerprint density at radius 3 is 2.57 bits per heavy atom. The molecule has 0 aromatic rings. The summed E-state index contributed by atoms with van der Waals surface area (Å²) in [4.78, 5) is 11.6. The SMILES string of the molecule is CCCC(Br)CCCCC(=O)OCC. The van der Waals surface area contributed by atoms with Crippen molar-refractivity contribution in [1.82, 2.24) is 0 Å². The van der Waals surface area contributed by atoms with Crippen LogP contribution in [-0.2, 0) is 9.53 Å². The van der Waals surface area contributed by atoms with E-state index in [9.17, 15) is 4.79 Å². The monoisotopic (exact) mass is 264 g/mol. The zero-order valence-corrected chi connectivity index (χ0v) is 10.8. The predicted octanol–water partition coefficient (Wildman–Crippen LogP) is 3.67. The summed E-state index contributed by atoms with van der Waals surface area (Å²) in [6.07, 6.45) is 6.22. The molecule has 0 aromatic carbocycles. The minimum absolute atomic E-state index is 0.0610. The maximum atomic E-state index is 11.0. The van der Waals surface area contributed by atoms with Crippen LogP contribution in [-0.4, -0.2) is 17.4 Å². The summed E-state index contributed by atoms with van der Waals surface area (Å²) < 4.78 is 4.85. The number of rotatable bonds is 8. The Morgan fingerprint density at radius 1 is 1.29 bits per heavy atom. The van der Waals surface area contributed by atoms with Crippen molar-refractivity contribution in [2.24, 2.45) is 0 Å². The van der Waals surface area contributed by atoms with E-state index in [1.165, 1.54) is 12.8 Å². The van der Waals surface area contributed by atoms with Crippen LogP contribution in [0.5, 0.6) is 0 Å². The molecule has 3 heteroatoms. The first-order valence-electron chi connectivity index (χ1n) is 5.50. The Bertz CT molecular complexity index is 148. The summed E-state index contributed by atoms with van der Waals surface area (Å²) in [5.74, 6) is -0.0610. The highest BCUT2D eigenvalue weighted by Crippen LogP contribution is 2.16. The number of hydrogen-bond donors (Lipinski definition) is 0. The number of hydrogen-bond acceptors (Lipinski definition) is 2. The molecule has 1 atom stereocenters. The normalized spacial score (nSPS) is 12.5. The largest absolute Gasteiger partial charge is 0.466 e. The number of unbranched alkanes of at least 4 members (excludes halogenated alkanes) is 1. The smallest absolute Gasteiger partial charge is 0.305 e. The minimum Gasteiger partial charge on any atom is -0.466 e. The third-order valence-electron chi connectivity index (χ3n) is 2.06. The Morgan fingerprint density at radius 2 is 2.00 bits per heavy atom. The topological polar surface area (TPSA) is 26.3 Å². The van der Waals surface area contributed by atoms with E-state index in [-0.39, 0.29) is 5.97 Å². The minimum atomic E-state index is -0.0610. The van der Waals surface area contributed by atoms with Gasteiger partial charge >= 0.3 is 5.97 Å². The lowest BCUT2D eigenvalue weighted by Crippen LogP contribution is -2.04. The number of carbonyl (C=O) groups is 1. The van der Waals surface area contributed by atoms with Gasteiger partial charge in [0.1, 0.15) is 0 Å². The first kappa shape index (κ1) is 13.9. The van der Waals surface area contributed by atoms with Gasteiger partial charge in [-0.25, -0.2) is 0 Å². The fourth-order valence-electron chi connectivity index (χ4n) is 1.33. The lowest BCUT2D eigenvalue weighted by atomic mass is 10.1. The lowest BCUT2D eigenvalue weighted by Gasteiger charge is -2.07. The average molecular weight is 265 g/mol. The van der Waals surface area contributed by atoms with Crippen molar-refractivity contribution >= 4 is 21.9 Å². The first-order chi connectivity index (χ1) is 6.70. The van der Waals surface area contributed by atoms with E-state index in [4.69, 9.17) is 4.74 Å². The van der Waals surface area contributed by atoms with Crippen molar-refractivity contribution in [3.8, 4) is 0 Å². The van der Waals surface area contributed by atoms with Crippen LogP contribution in [0.4, 0.5) is 0 Å². The van der Waals surface area contributed by atoms with E-state index in [0.717, 1.165) is 19.3 Å². The van der Waals surface area contributed by atoms with E-state index in [0.29, 0.717) is 17.9 Å². The van der Waals surface area contributed by atoms with Gasteiger partial charge in [-0.3, -0.25) is 4.79 Å². The Hall–Kier alpha value is -0.0500. The maximum absolute atomic E-state index is 11.0. The van der Waals surface area contributed by atoms with Crippen LogP contribution in [0, 0.1) is 0 Å². The van der Waals surface area contributed by atoms with Crippen molar-refractivity contribution in [3.63, 3.8) is 0 Å². The molecule has 84 valence electrons. The summed E-state index contributed by atoms with van der Waals surface area (Å²) in [5.41, 5.74) is 0. The third-order valence-corrected chi connectivity index (χ3v) is 2.97. The maximum Gasteiger partial charge on any atom is 0.305 e. The number of esters is 1. The second-order valence-electron chi connectivity index (χ2n) is 3.44.